The van der Waals surface area contributed by atoms with Gasteiger partial charge in [-0.3, -0.25) is 4.99 Å². The lowest BCUT2D eigenvalue weighted by atomic mass is 10.0. The van der Waals surface area contributed by atoms with Gasteiger partial charge in [-0.1, -0.05) is 26.7 Å². The molecule has 0 aliphatic carbocycles. The minimum absolute atomic E-state index is 0.256. The largest absolute Gasteiger partial charge is 0.396 e. The van der Waals surface area contributed by atoms with E-state index in [-0.39, 0.29) is 6.61 Å². The van der Waals surface area contributed by atoms with E-state index in [0.717, 1.165) is 57.9 Å². The normalized spacial score (nSPS) is 13.5. The molecule has 0 fully saturated rings. The number of hydrogen-bond donors (Lipinski definition) is 3. The van der Waals surface area contributed by atoms with Gasteiger partial charge >= 0.3 is 0 Å². The van der Waals surface area contributed by atoms with Gasteiger partial charge in [0.05, 0.1) is 0 Å². The van der Waals surface area contributed by atoms with E-state index in [2.05, 4.69) is 48.3 Å². The average molecular weight is 315 g/mol. The summed E-state index contributed by atoms with van der Waals surface area (Å²) in [7, 11) is 2.17. The second-order valence-electron chi connectivity index (χ2n) is 5.97. The predicted octanol–water partition coefficient (Wildman–Crippen LogP) is 2.07. The minimum Gasteiger partial charge on any atom is -0.396 e. The van der Waals surface area contributed by atoms with Crippen LogP contribution in [0.15, 0.2) is 4.99 Å². The first kappa shape index (κ1) is 21.2. The minimum atomic E-state index is 0.256. The SMILES string of the molecule is CCCCN(C)CCNC(=NCC(CCC)CCO)NCC. The van der Waals surface area contributed by atoms with Crippen molar-refractivity contribution in [2.24, 2.45) is 10.9 Å². The summed E-state index contributed by atoms with van der Waals surface area (Å²) in [6.45, 7) is 11.5. The number of likely N-dealkylation sites (N-methyl/N-ethyl adjacent to an activating group) is 1. The fraction of sp³-hybridized carbons (Fsp3) is 0.941. The Balaban J connectivity index is 4.18. The van der Waals surface area contributed by atoms with Crippen molar-refractivity contribution in [3.05, 3.63) is 0 Å². The molecule has 0 amide bonds. The molecule has 0 aliphatic rings. The third-order valence-corrected chi connectivity index (χ3v) is 3.77. The maximum atomic E-state index is 9.12. The van der Waals surface area contributed by atoms with E-state index in [1.54, 1.807) is 0 Å². The van der Waals surface area contributed by atoms with Crippen molar-refractivity contribution < 1.29 is 5.11 Å². The van der Waals surface area contributed by atoms with Gasteiger partial charge in [-0.2, -0.15) is 0 Å². The van der Waals surface area contributed by atoms with Crippen LogP contribution in [0.3, 0.4) is 0 Å². The summed E-state index contributed by atoms with van der Waals surface area (Å²) in [6, 6.07) is 0. The molecule has 0 saturated carbocycles. The maximum absolute atomic E-state index is 9.12. The van der Waals surface area contributed by atoms with Crippen molar-refractivity contribution in [1.82, 2.24) is 15.5 Å². The highest BCUT2D eigenvalue weighted by atomic mass is 16.3. The molecule has 1 atom stereocenters. The molecule has 0 radical (unpaired) electrons. The topological polar surface area (TPSA) is 59.9 Å². The van der Waals surface area contributed by atoms with Gasteiger partial charge in [-0.05, 0) is 45.7 Å². The van der Waals surface area contributed by atoms with Crippen LogP contribution in [0.5, 0.6) is 0 Å². The number of aliphatic hydroxyl groups is 1. The van der Waals surface area contributed by atoms with Crippen LogP contribution < -0.4 is 10.6 Å². The quantitative estimate of drug-likeness (QED) is 0.360. The Hall–Kier alpha value is -0.810. The summed E-state index contributed by atoms with van der Waals surface area (Å²) in [4.78, 5) is 7.03. The second kappa shape index (κ2) is 15.1. The molecule has 5 heteroatoms. The lowest BCUT2D eigenvalue weighted by Crippen LogP contribution is -2.41. The lowest BCUT2D eigenvalue weighted by Gasteiger charge is -2.18. The van der Waals surface area contributed by atoms with E-state index in [1.807, 2.05) is 0 Å². The second-order valence-corrected chi connectivity index (χ2v) is 5.97. The summed E-state index contributed by atoms with van der Waals surface area (Å²) >= 11 is 0. The van der Waals surface area contributed by atoms with Crippen molar-refractivity contribution in [2.75, 3.05) is 46.4 Å². The summed E-state index contributed by atoms with van der Waals surface area (Å²) in [5, 5.41) is 15.8. The molecular formula is C17H38N4O. The van der Waals surface area contributed by atoms with Crippen LogP contribution in [0.4, 0.5) is 0 Å². The smallest absolute Gasteiger partial charge is 0.191 e. The van der Waals surface area contributed by atoms with E-state index >= 15 is 0 Å². The van der Waals surface area contributed by atoms with Gasteiger partial charge in [0.2, 0.25) is 0 Å². The van der Waals surface area contributed by atoms with Crippen LogP contribution in [-0.2, 0) is 0 Å². The highest BCUT2D eigenvalue weighted by Gasteiger charge is 2.07. The zero-order valence-electron chi connectivity index (χ0n) is 15.2. The number of aliphatic hydroxyl groups excluding tert-OH is 1. The fourth-order valence-corrected chi connectivity index (χ4v) is 2.38. The summed E-state index contributed by atoms with van der Waals surface area (Å²) < 4.78 is 0. The number of nitrogens with one attached hydrogen (secondary N) is 2. The van der Waals surface area contributed by atoms with E-state index in [9.17, 15) is 0 Å². The number of guanidine groups is 1. The van der Waals surface area contributed by atoms with Crippen LogP contribution in [0.25, 0.3) is 0 Å². The number of nitrogens with zero attached hydrogens (tertiary/aromatic N) is 2. The monoisotopic (exact) mass is 314 g/mol. The first-order chi connectivity index (χ1) is 10.7. The molecule has 0 aliphatic heterocycles. The molecule has 0 saturated heterocycles. The molecule has 5 nitrogen and oxygen atoms in total. The van der Waals surface area contributed by atoms with Gasteiger partial charge in [-0.15, -0.1) is 0 Å². The summed E-state index contributed by atoms with van der Waals surface area (Å²) in [6.07, 6.45) is 5.61. The zero-order chi connectivity index (χ0) is 16.6. The van der Waals surface area contributed by atoms with Gasteiger partial charge in [0.25, 0.3) is 0 Å². The Labute approximate surface area is 137 Å². The van der Waals surface area contributed by atoms with Crippen LogP contribution in [0.2, 0.25) is 0 Å². The standard InChI is InChI=1S/C17H38N4O/c1-5-8-12-21(4)13-11-19-17(18-7-3)20-15-16(9-6-2)10-14-22/h16,22H,5-15H2,1-4H3,(H2,18,19,20). The molecular weight excluding hydrogens is 276 g/mol. The molecule has 132 valence electrons. The third-order valence-electron chi connectivity index (χ3n) is 3.77. The Bertz CT molecular complexity index is 265. The van der Waals surface area contributed by atoms with Crippen molar-refractivity contribution in [2.45, 2.75) is 52.9 Å². The molecule has 0 heterocycles. The van der Waals surface area contributed by atoms with E-state index < -0.39 is 0 Å². The van der Waals surface area contributed by atoms with Crippen molar-refractivity contribution in [1.29, 1.82) is 0 Å². The predicted molar refractivity (Wildman–Crippen MR) is 96.5 cm³/mol. The van der Waals surface area contributed by atoms with E-state index in [4.69, 9.17) is 5.11 Å². The molecule has 0 aromatic carbocycles. The Kier molecular flexibility index (Phi) is 14.5. The molecule has 0 rings (SSSR count). The van der Waals surface area contributed by atoms with Crippen LogP contribution in [-0.4, -0.2) is 62.3 Å². The Morgan fingerprint density at radius 1 is 1.09 bits per heavy atom. The van der Waals surface area contributed by atoms with Crippen molar-refractivity contribution >= 4 is 5.96 Å². The van der Waals surface area contributed by atoms with Gasteiger partial charge in [-0.25, -0.2) is 0 Å². The van der Waals surface area contributed by atoms with Gasteiger partial charge < -0.3 is 20.6 Å². The maximum Gasteiger partial charge on any atom is 0.191 e. The summed E-state index contributed by atoms with van der Waals surface area (Å²) in [5.41, 5.74) is 0. The molecule has 22 heavy (non-hydrogen) atoms. The van der Waals surface area contributed by atoms with Gasteiger partial charge in [0.1, 0.15) is 0 Å². The van der Waals surface area contributed by atoms with Crippen molar-refractivity contribution in [3.8, 4) is 0 Å². The number of unbranched alkanes of at least 4 members (excludes halogenated alkanes) is 1. The number of hydrogen-bond acceptors (Lipinski definition) is 3. The number of aliphatic imine (C=N–C) groups is 1. The fourth-order valence-electron chi connectivity index (χ4n) is 2.38. The van der Waals surface area contributed by atoms with Gasteiger partial charge in [0.15, 0.2) is 5.96 Å². The van der Waals surface area contributed by atoms with Crippen LogP contribution >= 0.6 is 0 Å². The van der Waals surface area contributed by atoms with E-state index in [1.165, 1.54) is 12.8 Å². The average Bonchev–Trinajstić information content (AvgIpc) is 2.50. The lowest BCUT2D eigenvalue weighted by molar-refractivity contribution is 0.253. The third kappa shape index (κ3) is 11.8. The molecule has 0 aromatic rings. The molecule has 0 aromatic heterocycles. The molecule has 3 N–H and O–H groups in total. The van der Waals surface area contributed by atoms with E-state index in [0.29, 0.717) is 5.92 Å². The first-order valence-electron chi connectivity index (χ1n) is 8.99. The highest BCUT2D eigenvalue weighted by molar-refractivity contribution is 5.79. The first-order valence-corrected chi connectivity index (χ1v) is 8.99. The zero-order valence-corrected chi connectivity index (χ0v) is 15.2. The molecule has 1 unspecified atom stereocenters. The number of rotatable bonds is 13. The highest BCUT2D eigenvalue weighted by Crippen LogP contribution is 2.10. The Morgan fingerprint density at radius 2 is 1.86 bits per heavy atom. The summed E-state index contributed by atoms with van der Waals surface area (Å²) in [5.74, 6) is 1.38. The van der Waals surface area contributed by atoms with Crippen LogP contribution in [0.1, 0.15) is 52.9 Å². The molecule has 0 bridgehead atoms. The Morgan fingerprint density at radius 3 is 2.45 bits per heavy atom. The van der Waals surface area contributed by atoms with Crippen molar-refractivity contribution in [3.63, 3.8) is 0 Å². The molecule has 0 spiro atoms. The van der Waals surface area contributed by atoms with Gasteiger partial charge in [0, 0.05) is 32.8 Å². The van der Waals surface area contributed by atoms with Crippen LogP contribution in [0, 0.1) is 5.92 Å².